The Kier molecular flexibility index (Phi) is 11.7. The second-order valence-electron chi connectivity index (χ2n) is 4.72. The first-order chi connectivity index (χ1) is 8.66. The minimum Gasteiger partial charge on any atom is -0.481 e. The first-order valence-electron chi connectivity index (χ1n) is 7.15. The summed E-state index contributed by atoms with van der Waals surface area (Å²) in [7, 11) is 0. The third kappa shape index (κ3) is 13.0. The molecule has 4 nitrogen and oxygen atoms in total. The summed E-state index contributed by atoms with van der Waals surface area (Å²) in [5, 5.41) is 11.3. The van der Waals surface area contributed by atoms with E-state index in [0.717, 1.165) is 19.3 Å². The number of carboxylic acid groups (broad SMARTS) is 1. The van der Waals surface area contributed by atoms with Gasteiger partial charge in [-0.1, -0.05) is 39.0 Å². The molecule has 18 heavy (non-hydrogen) atoms. The number of nitrogens with one attached hydrogen (secondary N) is 1. The van der Waals surface area contributed by atoms with Crippen LogP contribution in [0.4, 0.5) is 0 Å². The van der Waals surface area contributed by atoms with Crippen LogP contribution in [0, 0.1) is 0 Å². The van der Waals surface area contributed by atoms with Gasteiger partial charge in [0.25, 0.3) is 0 Å². The molecule has 0 aliphatic rings. The number of unbranched alkanes of at least 4 members (excludes halogenated alkanes) is 6. The van der Waals surface area contributed by atoms with Gasteiger partial charge in [-0.2, -0.15) is 0 Å². The predicted octanol–water partition coefficient (Wildman–Crippen LogP) is 3.11. The Morgan fingerprint density at radius 2 is 1.50 bits per heavy atom. The van der Waals surface area contributed by atoms with Gasteiger partial charge in [-0.25, -0.2) is 0 Å². The zero-order valence-corrected chi connectivity index (χ0v) is 11.5. The lowest BCUT2D eigenvalue weighted by Gasteiger charge is -2.04. The molecular weight excluding hydrogens is 230 g/mol. The Balaban J connectivity index is 3.20. The fraction of sp³-hybridized carbons (Fsp3) is 0.857. The van der Waals surface area contributed by atoms with Crippen molar-refractivity contribution in [2.24, 2.45) is 0 Å². The molecule has 0 aromatic rings. The van der Waals surface area contributed by atoms with E-state index in [4.69, 9.17) is 5.11 Å². The van der Waals surface area contributed by atoms with Crippen LogP contribution < -0.4 is 5.32 Å². The SMILES string of the molecule is CCCCCCCCC(=O)NCCCCC(=O)O. The van der Waals surface area contributed by atoms with Crippen molar-refractivity contribution in [3.05, 3.63) is 0 Å². The molecule has 0 saturated carbocycles. The number of carbonyl (C=O) groups is 2. The predicted molar refractivity (Wildman–Crippen MR) is 72.5 cm³/mol. The number of amides is 1. The van der Waals surface area contributed by atoms with Gasteiger partial charge in [0.2, 0.25) is 5.91 Å². The molecule has 0 radical (unpaired) electrons. The molecule has 0 spiro atoms. The van der Waals surface area contributed by atoms with E-state index < -0.39 is 5.97 Å². The lowest BCUT2D eigenvalue weighted by Crippen LogP contribution is -2.24. The molecule has 4 heteroatoms. The Morgan fingerprint density at radius 3 is 2.17 bits per heavy atom. The zero-order chi connectivity index (χ0) is 13.6. The Bertz CT molecular complexity index is 229. The smallest absolute Gasteiger partial charge is 0.303 e. The first kappa shape index (κ1) is 16.9. The average molecular weight is 257 g/mol. The van der Waals surface area contributed by atoms with Crippen molar-refractivity contribution in [3.63, 3.8) is 0 Å². The van der Waals surface area contributed by atoms with Crippen LogP contribution in [-0.2, 0) is 9.59 Å². The second kappa shape index (κ2) is 12.4. The van der Waals surface area contributed by atoms with Crippen molar-refractivity contribution >= 4 is 11.9 Å². The minimum absolute atomic E-state index is 0.0980. The van der Waals surface area contributed by atoms with Crippen LogP contribution in [0.15, 0.2) is 0 Å². The summed E-state index contributed by atoms with van der Waals surface area (Å²) in [6.07, 6.45) is 9.29. The number of aliphatic carboxylic acids is 1. The van der Waals surface area contributed by atoms with E-state index in [-0.39, 0.29) is 12.3 Å². The molecule has 106 valence electrons. The number of hydrogen-bond acceptors (Lipinski definition) is 2. The van der Waals surface area contributed by atoms with Gasteiger partial charge < -0.3 is 10.4 Å². The van der Waals surface area contributed by atoms with Gasteiger partial charge in [0.1, 0.15) is 0 Å². The van der Waals surface area contributed by atoms with Crippen molar-refractivity contribution in [1.82, 2.24) is 5.32 Å². The Labute approximate surface area is 110 Å². The zero-order valence-electron chi connectivity index (χ0n) is 11.5. The van der Waals surface area contributed by atoms with Gasteiger partial charge in [0, 0.05) is 19.4 Å². The van der Waals surface area contributed by atoms with Crippen LogP contribution in [0.5, 0.6) is 0 Å². The maximum atomic E-state index is 11.4. The molecule has 0 aliphatic heterocycles. The summed E-state index contributed by atoms with van der Waals surface area (Å²) in [5.74, 6) is -0.672. The highest BCUT2D eigenvalue weighted by Gasteiger charge is 2.01. The highest BCUT2D eigenvalue weighted by molar-refractivity contribution is 5.75. The summed E-state index contributed by atoms with van der Waals surface area (Å²) in [6, 6.07) is 0. The van der Waals surface area contributed by atoms with Gasteiger partial charge in [-0.15, -0.1) is 0 Å². The van der Waals surface area contributed by atoms with E-state index in [1.165, 1.54) is 25.7 Å². The molecular formula is C14H27NO3. The number of carboxylic acids is 1. The third-order valence-electron chi connectivity index (χ3n) is 2.90. The van der Waals surface area contributed by atoms with E-state index in [9.17, 15) is 9.59 Å². The number of hydrogen-bond donors (Lipinski definition) is 2. The van der Waals surface area contributed by atoms with Gasteiger partial charge in [0.05, 0.1) is 0 Å². The van der Waals surface area contributed by atoms with Gasteiger partial charge in [-0.3, -0.25) is 9.59 Å². The van der Waals surface area contributed by atoms with Crippen LogP contribution >= 0.6 is 0 Å². The Morgan fingerprint density at radius 1 is 0.889 bits per heavy atom. The molecule has 0 heterocycles. The van der Waals surface area contributed by atoms with Crippen molar-refractivity contribution in [2.45, 2.75) is 71.1 Å². The van der Waals surface area contributed by atoms with E-state index in [1.807, 2.05) is 0 Å². The monoisotopic (exact) mass is 257 g/mol. The van der Waals surface area contributed by atoms with E-state index >= 15 is 0 Å². The molecule has 0 fully saturated rings. The van der Waals surface area contributed by atoms with Gasteiger partial charge in [-0.05, 0) is 19.3 Å². The summed E-state index contributed by atoms with van der Waals surface area (Å²) < 4.78 is 0. The molecule has 0 aromatic carbocycles. The summed E-state index contributed by atoms with van der Waals surface area (Å²) >= 11 is 0. The fourth-order valence-electron chi connectivity index (χ4n) is 1.78. The molecule has 0 aromatic heterocycles. The van der Waals surface area contributed by atoms with Gasteiger partial charge in [0.15, 0.2) is 0 Å². The quantitative estimate of drug-likeness (QED) is 0.528. The highest BCUT2D eigenvalue weighted by atomic mass is 16.4. The lowest BCUT2D eigenvalue weighted by molar-refractivity contribution is -0.137. The fourth-order valence-corrected chi connectivity index (χ4v) is 1.78. The highest BCUT2D eigenvalue weighted by Crippen LogP contribution is 2.06. The second-order valence-corrected chi connectivity index (χ2v) is 4.72. The van der Waals surface area contributed by atoms with Crippen LogP contribution in [0.25, 0.3) is 0 Å². The van der Waals surface area contributed by atoms with Crippen molar-refractivity contribution in [1.29, 1.82) is 0 Å². The number of carbonyl (C=O) groups excluding carboxylic acids is 1. The van der Waals surface area contributed by atoms with Crippen molar-refractivity contribution < 1.29 is 14.7 Å². The normalized spacial score (nSPS) is 10.3. The molecule has 1 amide bonds. The van der Waals surface area contributed by atoms with Crippen molar-refractivity contribution in [3.8, 4) is 0 Å². The topological polar surface area (TPSA) is 66.4 Å². The molecule has 0 aliphatic carbocycles. The van der Waals surface area contributed by atoms with Crippen LogP contribution in [0.3, 0.4) is 0 Å². The summed E-state index contributed by atoms with van der Waals surface area (Å²) in [6.45, 7) is 2.79. The minimum atomic E-state index is -0.770. The lowest BCUT2D eigenvalue weighted by atomic mass is 10.1. The standard InChI is InChI=1S/C14H27NO3/c1-2-3-4-5-6-7-10-13(16)15-12-9-8-11-14(17)18/h2-12H2,1H3,(H,15,16)(H,17,18). The Hall–Kier alpha value is -1.06. The molecule has 0 saturated heterocycles. The molecule has 2 N–H and O–H groups in total. The first-order valence-corrected chi connectivity index (χ1v) is 7.15. The van der Waals surface area contributed by atoms with Crippen LogP contribution in [0.2, 0.25) is 0 Å². The maximum absolute atomic E-state index is 11.4. The summed E-state index contributed by atoms with van der Waals surface area (Å²) in [5.41, 5.74) is 0. The largest absolute Gasteiger partial charge is 0.481 e. The van der Waals surface area contributed by atoms with Gasteiger partial charge >= 0.3 is 5.97 Å². The maximum Gasteiger partial charge on any atom is 0.303 e. The average Bonchev–Trinajstić information content (AvgIpc) is 2.33. The molecule has 0 unspecified atom stereocenters. The van der Waals surface area contributed by atoms with Crippen LogP contribution in [-0.4, -0.2) is 23.5 Å². The number of rotatable bonds is 12. The van der Waals surface area contributed by atoms with E-state index in [2.05, 4.69) is 12.2 Å². The molecule has 0 rings (SSSR count). The third-order valence-corrected chi connectivity index (χ3v) is 2.90. The van der Waals surface area contributed by atoms with E-state index in [1.54, 1.807) is 0 Å². The molecule has 0 atom stereocenters. The molecule has 0 bridgehead atoms. The van der Waals surface area contributed by atoms with Crippen molar-refractivity contribution in [2.75, 3.05) is 6.54 Å². The van der Waals surface area contributed by atoms with Crippen LogP contribution in [0.1, 0.15) is 71.1 Å². The van der Waals surface area contributed by atoms with E-state index in [0.29, 0.717) is 19.4 Å². The summed E-state index contributed by atoms with van der Waals surface area (Å²) in [4.78, 5) is 21.7.